The van der Waals surface area contributed by atoms with Gasteiger partial charge in [-0.3, -0.25) is 0 Å². The maximum atomic E-state index is 3.53. The first-order valence-electron chi connectivity index (χ1n) is 5.28. The predicted octanol–water partition coefficient (Wildman–Crippen LogP) is 1.54. The summed E-state index contributed by atoms with van der Waals surface area (Å²) in [5.74, 6) is 0. The van der Waals surface area contributed by atoms with Gasteiger partial charge in [0.15, 0.2) is 0 Å². The zero-order valence-corrected chi connectivity index (χ0v) is 8.93. The first-order chi connectivity index (χ1) is 6.77. The largest absolute Gasteiger partial charge is 0.314 e. The molecule has 1 fully saturated rings. The summed E-state index contributed by atoms with van der Waals surface area (Å²) >= 11 is 0. The van der Waals surface area contributed by atoms with Gasteiger partial charge in [-0.05, 0) is 25.0 Å². The van der Waals surface area contributed by atoms with Crippen LogP contribution < -0.4 is 10.6 Å². The molecule has 1 heterocycles. The van der Waals surface area contributed by atoms with E-state index in [1.165, 1.54) is 16.7 Å². The Bertz CT molecular complexity index is 314. The highest BCUT2D eigenvalue weighted by atomic mass is 15.1. The third kappa shape index (κ3) is 1.97. The van der Waals surface area contributed by atoms with Crippen molar-refractivity contribution in [3.05, 3.63) is 34.9 Å². The lowest BCUT2D eigenvalue weighted by molar-refractivity contribution is 0.429. The lowest BCUT2D eigenvalue weighted by Gasteiger charge is -2.26. The van der Waals surface area contributed by atoms with Crippen LogP contribution in [0, 0.1) is 13.8 Å². The van der Waals surface area contributed by atoms with Crippen LogP contribution in [-0.2, 0) is 0 Å². The van der Waals surface area contributed by atoms with Crippen LogP contribution in [0.5, 0.6) is 0 Å². The number of aryl methyl sites for hydroxylation is 2. The standard InChI is InChI=1S/C12H18N2/c1-9-3-4-11(10(2)7-9)12-8-13-5-6-14-12/h3-4,7,12-14H,5-6,8H2,1-2H3. The van der Waals surface area contributed by atoms with Gasteiger partial charge in [-0.25, -0.2) is 0 Å². The molecule has 1 aliphatic heterocycles. The van der Waals surface area contributed by atoms with E-state index in [0.717, 1.165) is 19.6 Å². The molecule has 14 heavy (non-hydrogen) atoms. The SMILES string of the molecule is Cc1ccc(C2CNCCN2)c(C)c1. The summed E-state index contributed by atoms with van der Waals surface area (Å²) in [6.45, 7) is 7.53. The molecule has 2 rings (SSSR count). The molecule has 1 saturated heterocycles. The molecule has 0 aliphatic carbocycles. The fourth-order valence-corrected chi connectivity index (χ4v) is 2.09. The minimum absolute atomic E-state index is 0.490. The van der Waals surface area contributed by atoms with Crippen molar-refractivity contribution in [2.75, 3.05) is 19.6 Å². The van der Waals surface area contributed by atoms with Crippen LogP contribution in [0.4, 0.5) is 0 Å². The Balaban J connectivity index is 2.22. The highest BCUT2D eigenvalue weighted by Gasteiger charge is 2.15. The fourth-order valence-electron chi connectivity index (χ4n) is 2.09. The van der Waals surface area contributed by atoms with Crippen LogP contribution in [0.25, 0.3) is 0 Å². The van der Waals surface area contributed by atoms with Crippen molar-refractivity contribution >= 4 is 0 Å². The van der Waals surface area contributed by atoms with E-state index in [-0.39, 0.29) is 0 Å². The molecule has 0 aromatic heterocycles. The Morgan fingerprint density at radius 2 is 2.07 bits per heavy atom. The summed E-state index contributed by atoms with van der Waals surface area (Å²) in [5.41, 5.74) is 4.17. The molecule has 0 spiro atoms. The Kier molecular flexibility index (Phi) is 2.85. The van der Waals surface area contributed by atoms with Crippen LogP contribution in [0.3, 0.4) is 0 Å². The van der Waals surface area contributed by atoms with Gasteiger partial charge in [0.2, 0.25) is 0 Å². The normalized spacial score (nSPS) is 22.3. The van der Waals surface area contributed by atoms with E-state index in [1.54, 1.807) is 0 Å². The number of hydrogen-bond donors (Lipinski definition) is 2. The van der Waals surface area contributed by atoms with Crippen LogP contribution >= 0.6 is 0 Å². The van der Waals surface area contributed by atoms with Gasteiger partial charge in [-0.2, -0.15) is 0 Å². The fraction of sp³-hybridized carbons (Fsp3) is 0.500. The van der Waals surface area contributed by atoms with Gasteiger partial charge >= 0.3 is 0 Å². The van der Waals surface area contributed by atoms with Crippen molar-refractivity contribution in [3.63, 3.8) is 0 Å². The van der Waals surface area contributed by atoms with Gasteiger partial charge in [-0.15, -0.1) is 0 Å². The van der Waals surface area contributed by atoms with Crippen molar-refractivity contribution < 1.29 is 0 Å². The van der Waals surface area contributed by atoms with E-state index >= 15 is 0 Å². The Hall–Kier alpha value is -0.860. The molecular formula is C12H18N2. The van der Waals surface area contributed by atoms with Crippen molar-refractivity contribution in [3.8, 4) is 0 Å². The van der Waals surface area contributed by atoms with Gasteiger partial charge in [0.05, 0.1) is 0 Å². The van der Waals surface area contributed by atoms with E-state index in [1.807, 2.05) is 0 Å². The highest BCUT2D eigenvalue weighted by Crippen LogP contribution is 2.19. The van der Waals surface area contributed by atoms with Gasteiger partial charge in [0, 0.05) is 25.7 Å². The summed E-state index contributed by atoms with van der Waals surface area (Å²) in [6, 6.07) is 7.18. The van der Waals surface area contributed by atoms with E-state index in [9.17, 15) is 0 Å². The van der Waals surface area contributed by atoms with E-state index in [2.05, 4.69) is 42.7 Å². The predicted molar refractivity (Wildman–Crippen MR) is 59.5 cm³/mol. The molecule has 2 heteroatoms. The minimum atomic E-state index is 0.490. The molecular weight excluding hydrogens is 172 g/mol. The van der Waals surface area contributed by atoms with Crippen molar-refractivity contribution in [2.24, 2.45) is 0 Å². The topological polar surface area (TPSA) is 24.1 Å². The highest BCUT2D eigenvalue weighted by molar-refractivity contribution is 5.33. The summed E-state index contributed by atoms with van der Waals surface area (Å²) in [7, 11) is 0. The molecule has 1 aliphatic rings. The minimum Gasteiger partial charge on any atom is -0.314 e. The summed E-state index contributed by atoms with van der Waals surface area (Å²) in [4.78, 5) is 0. The maximum Gasteiger partial charge on any atom is 0.0449 e. The Labute approximate surface area is 85.7 Å². The molecule has 0 radical (unpaired) electrons. The zero-order valence-electron chi connectivity index (χ0n) is 8.93. The maximum absolute atomic E-state index is 3.53. The van der Waals surface area contributed by atoms with Crippen molar-refractivity contribution in [1.82, 2.24) is 10.6 Å². The van der Waals surface area contributed by atoms with Crippen LogP contribution in [0.15, 0.2) is 18.2 Å². The van der Waals surface area contributed by atoms with Crippen molar-refractivity contribution in [1.29, 1.82) is 0 Å². The second-order valence-electron chi connectivity index (χ2n) is 4.07. The van der Waals surface area contributed by atoms with Crippen LogP contribution in [0.1, 0.15) is 22.7 Å². The summed E-state index contributed by atoms with van der Waals surface area (Å²) in [5, 5.41) is 6.95. The van der Waals surface area contributed by atoms with Gasteiger partial charge in [0.25, 0.3) is 0 Å². The van der Waals surface area contributed by atoms with Crippen LogP contribution in [0.2, 0.25) is 0 Å². The Morgan fingerprint density at radius 3 is 2.71 bits per heavy atom. The van der Waals surface area contributed by atoms with Crippen LogP contribution in [-0.4, -0.2) is 19.6 Å². The molecule has 1 aromatic carbocycles. The molecule has 1 unspecified atom stereocenters. The smallest absolute Gasteiger partial charge is 0.0449 e. The first kappa shape index (κ1) is 9.69. The third-order valence-corrected chi connectivity index (χ3v) is 2.84. The molecule has 0 saturated carbocycles. The summed E-state index contributed by atoms with van der Waals surface area (Å²) < 4.78 is 0. The number of piperazine rings is 1. The zero-order chi connectivity index (χ0) is 9.97. The lowest BCUT2D eigenvalue weighted by Crippen LogP contribution is -2.42. The molecule has 0 bridgehead atoms. The molecule has 2 N–H and O–H groups in total. The number of hydrogen-bond acceptors (Lipinski definition) is 2. The number of benzene rings is 1. The quantitative estimate of drug-likeness (QED) is 0.702. The van der Waals surface area contributed by atoms with E-state index in [4.69, 9.17) is 0 Å². The molecule has 1 atom stereocenters. The van der Waals surface area contributed by atoms with Gasteiger partial charge in [-0.1, -0.05) is 23.8 Å². The van der Waals surface area contributed by atoms with E-state index in [0.29, 0.717) is 6.04 Å². The van der Waals surface area contributed by atoms with Gasteiger partial charge < -0.3 is 10.6 Å². The number of nitrogens with one attached hydrogen (secondary N) is 2. The lowest BCUT2D eigenvalue weighted by atomic mass is 9.98. The van der Waals surface area contributed by atoms with E-state index < -0.39 is 0 Å². The molecule has 0 amide bonds. The molecule has 2 nitrogen and oxygen atoms in total. The Morgan fingerprint density at radius 1 is 1.21 bits per heavy atom. The average Bonchev–Trinajstić information content (AvgIpc) is 2.19. The average molecular weight is 190 g/mol. The second-order valence-corrected chi connectivity index (χ2v) is 4.07. The van der Waals surface area contributed by atoms with Gasteiger partial charge in [0.1, 0.15) is 0 Å². The molecule has 1 aromatic rings. The molecule has 76 valence electrons. The first-order valence-corrected chi connectivity index (χ1v) is 5.28. The number of rotatable bonds is 1. The van der Waals surface area contributed by atoms with Crippen molar-refractivity contribution in [2.45, 2.75) is 19.9 Å². The monoisotopic (exact) mass is 190 g/mol. The second kappa shape index (κ2) is 4.11. The summed E-state index contributed by atoms with van der Waals surface area (Å²) in [6.07, 6.45) is 0. The third-order valence-electron chi connectivity index (χ3n) is 2.84.